The van der Waals surface area contributed by atoms with Gasteiger partial charge >= 0.3 is 0 Å². The molecule has 0 unspecified atom stereocenters. The van der Waals surface area contributed by atoms with Gasteiger partial charge in [0.25, 0.3) is 0 Å². The molecule has 1 saturated carbocycles. The van der Waals surface area contributed by atoms with E-state index in [-0.39, 0.29) is 17.9 Å². The number of halogens is 2. The van der Waals surface area contributed by atoms with Crippen molar-refractivity contribution in [2.75, 3.05) is 5.75 Å². The lowest BCUT2D eigenvalue weighted by atomic mass is 9.95. The first-order valence-corrected chi connectivity index (χ1v) is 12.9. The molecule has 1 N–H and O–H groups in total. The molecule has 0 heterocycles. The molecular formula is C25H30Cl2N2O2S. The molecule has 32 heavy (non-hydrogen) atoms. The van der Waals surface area contributed by atoms with Crippen LogP contribution >= 0.6 is 35.0 Å². The first-order chi connectivity index (χ1) is 15.4. The second-order valence-electron chi connectivity index (χ2n) is 8.22. The number of carbonyl (C=O) groups excluding carboxylic acids is 2. The van der Waals surface area contributed by atoms with Crippen molar-refractivity contribution in [1.82, 2.24) is 10.2 Å². The maximum atomic E-state index is 13.2. The van der Waals surface area contributed by atoms with Gasteiger partial charge in [0.15, 0.2) is 0 Å². The summed E-state index contributed by atoms with van der Waals surface area (Å²) < 4.78 is 0. The molecule has 0 spiro atoms. The van der Waals surface area contributed by atoms with Gasteiger partial charge in [-0.15, -0.1) is 11.8 Å². The largest absolute Gasteiger partial charge is 0.352 e. The fourth-order valence-electron chi connectivity index (χ4n) is 3.91. The van der Waals surface area contributed by atoms with E-state index in [1.165, 1.54) is 6.42 Å². The number of hydrogen-bond donors (Lipinski definition) is 1. The third-order valence-electron chi connectivity index (χ3n) is 5.76. The third kappa shape index (κ3) is 7.72. The predicted molar refractivity (Wildman–Crippen MR) is 133 cm³/mol. The summed E-state index contributed by atoms with van der Waals surface area (Å²) in [7, 11) is 0. The summed E-state index contributed by atoms with van der Waals surface area (Å²) in [5, 5.41) is 4.47. The number of hydrogen-bond acceptors (Lipinski definition) is 3. The lowest BCUT2D eigenvalue weighted by molar-refractivity contribution is -0.140. The van der Waals surface area contributed by atoms with Gasteiger partial charge in [-0.05, 0) is 61.7 Å². The van der Waals surface area contributed by atoms with Crippen molar-refractivity contribution in [1.29, 1.82) is 0 Å². The molecule has 2 aromatic carbocycles. The Labute approximate surface area is 205 Å². The molecule has 7 heteroatoms. The van der Waals surface area contributed by atoms with Crippen LogP contribution in [0.25, 0.3) is 0 Å². The Morgan fingerprint density at radius 2 is 1.78 bits per heavy atom. The number of rotatable bonds is 9. The van der Waals surface area contributed by atoms with Crippen LogP contribution in [0.5, 0.6) is 0 Å². The van der Waals surface area contributed by atoms with Crippen molar-refractivity contribution < 1.29 is 9.59 Å². The van der Waals surface area contributed by atoms with E-state index in [2.05, 4.69) is 5.32 Å². The van der Waals surface area contributed by atoms with Crippen molar-refractivity contribution in [3.05, 3.63) is 64.1 Å². The zero-order chi connectivity index (χ0) is 22.9. The van der Waals surface area contributed by atoms with Crippen molar-refractivity contribution in [2.45, 2.75) is 69.0 Å². The van der Waals surface area contributed by atoms with Crippen molar-refractivity contribution in [3.8, 4) is 0 Å². The fraction of sp³-hybridized carbons (Fsp3) is 0.440. The van der Waals surface area contributed by atoms with Crippen LogP contribution in [0, 0.1) is 0 Å². The van der Waals surface area contributed by atoms with Gasteiger partial charge in [-0.2, -0.15) is 0 Å². The monoisotopic (exact) mass is 492 g/mol. The van der Waals surface area contributed by atoms with Crippen molar-refractivity contribution >= 4 is 46.8 Å². The summed E-state index contributed by atoms with van der Waals surface area (Å²) in [6, 6.07) is 14.7. The second-order valence-corrected chi connectivity index (χ2v) is 10.3. The van der Waals surface area contributed by atoms with E-state index in [1.54, 1.807) is 22.7 Å². The van der Waals surface area contributed by atoms with Crippen LogP contribution in [0.2, 0.25) is 10.0 Å². The van der Waals surface area contributed by atoms with E-state index in [9.17, 15) is 9.59 Å². The number of amides is 2. The maximum Gasteiger partial charge on any atom is 0.242 e. The van der Waals surface area contributed by atoms with Crippen LogP contribution in [0.4, 0.5) is 0 Å². The zero-order valence-electron chi connectivity index (χ0n) is 18.4. The fourth-order valence-corrected chi connectivity index (χ4v) is 5.09. The molecule has 0 saturated heterocycles. The Balaban J connectivity index is 1.64. The van der Waals surface area contributed by atoms with E-state index < -0.39 is 6.04 Å². The number of nitrogens with zero attached hydrogens (tertiary/aromatic N) is 1. The lowest BCUT2D eigenvalue weighted by Crippen LogP contribution is -2.50. The Hall–Kier alpha value is -1.69. The van der Waals surface area contributed by atoms with Crippen LogP contribution in [-0.4, -0.2) is 34.6 Å². The minimum Gasteiger partial charge on any atom is -0.352 e. The van der Waals surface area contributed by atoms with E-state index in [0.717, 1.165) is 36.1 Å². The molecule has 1 fully saturated rings. The molecule has 3 rings (SSSR count). The van der Waals surface area contributed by atoms with Crippen LogP contribution < -0.4 is 5.32 Å². The van der Waals surface area contributed by atoms with Gasteiger partial charge in [-0.25, -0.2) is 0 Å². The van der Waals surface area contributed by atoms with Gasteiger partial charge in [-0.1, -0.05) is 54.6 Å². The first kappa shape index (κ1) is 24.9. The van der Waals surface area contributed by atoms with Crippen LogP contribution in [-0.2, 0) is 16.1 Å². The van der Waals surface area contributed by atoms with E-state index in [1.807, 2.05) is 49.4 Å². The number of thioether (sulfide) groups is 1. The first-order valence-electron chi connectivity index (χ1n) is 11.1. The van der Waals surface area contributed by atoms with Gasteiger partial charge < -0.3 is 10.2 Å². The summed E-state index contributed by atoms with van der Waals surface area (Å²) in [6.07, 6.45) is 5.89. The van der Waals surface area contributed by atoms with Gasteiger partial charge in [0, 0.05) is 39.7 Å². The molecule has 2 amide bonds. The molecule has 1 aliphatic carbocycles. The van der Waals surface area contributed by atoms with Crippen LogP contribution in [0.15, 0.2) is 53.4 Å². The van der Waals surface area contributed by atoms with E-state index in [4.69, 9.17) is 23.2 Å². The highest BCUT2D eigenvalue weighted by Crippen LogP contribution is 2.23. The summed E-state index contributed by atoms with van der Waals surface area (Å²) in [5.41, 5.74) is 0.911. The van der Waals surface area contributed by atoms with E-state index in [0.29, 0.717) is 28.8 Å². The zero-order valence-corrected chi connectivity index (χ0v) is 20.7. The van der Waals surface area contributed by atoms with Gasteiger partial charge in [-0.3, -0.25) is 9.59 Å². The average molecular weight is 494 g/mol. The number of nitrogens with one attached hydrogen (secondary N) is 1. The predicted octanol–water partition coefficient (Wildman–Crippen LogP) is 6.34. The molecule has 172 valence electrons. The molecule has 0 aromatic heterocycles. The standard InChI is InChI=1S/C25H30Cl2N2O2S/c1-18(25(31)28-22-8-3-2-4-9-22)29(17-19-6-5-7-21(27)16-19)24(30)14-15-32-23-12-10-20(26)11-13-23/h5-7,10-13,16,18,22H,2-4,8-9,14-15,17H2,1H3,(H,28,31)/t18-/m0/s1. The molecule has 1 atom stereocenters. The van der Waals surface area contributed by atoms with Gasteiger partial charge in [0.05, 0.1) is 0 Å². The number of benzene rings is 2. The van der Waals surface area contributed by atoms with Crippen molar-refractivity contribution in [2.24, 2.45) is 0 Å². The molecular weight excluding hydrogens is 463 g/mol. The maximum absolute atomic E-state index is 13.2. The topological polar surface area (TPSA) is 49.4 Å². The van der Waals surface area contributed by atoms with Gasteiger partial charge in [0.1, 0.15) is 6.04 Å². The summed E-state index contributed by atoms with van der Waals surface area (Å²) in [6.45, 7) is 2.16. The molecule has 4 nitrogen and oxygen atoms in total. The lowest BCUT2D eigenvalue weighted by Gasteiger charge is -2.31. The molecule has 0 aliphatic heterocycles. The van der Waals surface area contributed by atoms with E-state index >= 15 is 0 Å². The molecule has 1 aliphatic rings. The molecule has 0 radical (unpaired) electrons. The Bertz CT molecular complexity index is 901. The summed E-state index contributed by atoms with van der Waals surface area (Å²) >= 11 is 13.7. The van der Waals surface area contributed by atoms with Crippen LogP contribution in [0.3, 0.4) is 0 Å². The Morgan fingerprint density at radius 1 is 1.06 bits per heavy atom. The highest BCUT2D eigenvalue weighted by atomic mass is 35.5. The average Bonchev–Trinajstić information content (AvgIpc) is 2.79. The molecule has 0 bridgehead atoms. The minimum atomic E-state index is -0.552. The number of carbonyl (C=O) groups is 2. The SMILES string of the molecule is C[C@@H](C(=O)NC1CCCCC1)N(Cc1cccc(Cl)c1)C(=O)CCSc1ccc(Cl)cc1. The second kappa shape index (κ2) is 12.5. The highest BCUT2D eigenvalue weighted by molar-refractivity contribution is 7.99. The van der Waals surface area contributed by atoms with Crippen molar-refractivity contribution in [3.63, 3.8) is 0 Å². The summed E-state index contributed by atoms with van der Waals surface area (Å²) in [5.74, 6) is 0.499. The quantitative estimate of drug-likeness (QED) is 0.415. The van der Waals surface area contributed by atoms with Crippen LogP contribution in [0.1, 0.15) is 51.0 Å². The Morgan fingerprint density at radius 3 is 2.47 bits per heavy atom. The normalized spacial score (nSPS) is 15.2. The minimum absolute atomic E-state index is 0.0438. The van der Waals surface area contributed by atoms with Gasteiger partial charge in [0.2, 0.25) is 11.8 Å². The Kier molecular flexibility index (Phi) is 9.76. The third-order valence-corrected chi connectivity index (χ3v) is 7.26. The molecule has 2 aromatic rings. The summed E-state index contributed by atoms with van der Waals surface area (Å²) in [4.78, 5) is 28.9. The highest BCUT2D eigenvalue weighted by Gasteiger charge is 2.28. The smallest absolute Gasteiger partial charge is 0.242 e.